The highest BCUT2D eigenvalue weighted by molar-refractivity contribution is 7.99. The highest BCUT2D eigenvalue weighted by Crippen LogP contribution is 2.26. The largest absolute Gasteiger partial charge is 0.354 e. The highest BCUT2D eigenvalue weighted by atomic mass is 35.5. The molecule has 0 spiro atoms. The molecule has 1 N–H and O–H groups in total. The third kappa shape index (κ3) is 6.65. The predicted molar refractivity (Wildman–Crippen MR) is 132 cm³/mol. The van der Waals surface area contributed by atoms with Gasteiger partial charge >= 0.3 is 0 Å². The number of nitrogens with one attached hydrogen (secondary N) is 1. The van der Waals surface area contributed by atoms with Crippen molar-refractivity contribution in [2.24, 2.45) is 0 Å². The molecule has 3 aromatic carbocycles. The number of benzene rings is 3. The van der Waals surface area contributed by atoms with Crippen LogP contribution in [0.5, 0.6) is 0 Å². The third-order valence-corrected chi connectivity index (χ3v) is 7.79. The lowest BCUT2D eigenvalue weighted by Crippen LogP contribution is -2.41. The van der Waals surface area contributed by atoms with Gasteiger partial charge in [0.1, 0.15) is 6.54 Å². The Kier molecular flexibility index (Phi) is 8.48. The molecule has 0 heterocycles. The number of nitrogens with zero attached hydrogens (tertiary/aromatic N) is 1. The second-order valence-electron chi connectivity index (χ2n) is 6.96. The van der Waals surface area contributed by atoms with Crippen molar-refractivity contribution in [2.75, 3.05) is 23.1 Å². The van der Waals surface area contributed by atoms with Crippen LogP contribution in [0.2, 0.25) is 10.0 Å². The van der Waals surface area contributed by atoms with Gasteiger partial charge in [-0.2, -0.15) is 0 Å². The van der Waals surface area contributed by atoms with Crippen LogP contribution in [0.4, 0.5) is 5.69 Å². The second-order valence-corrected chi connectivity index (χ2v) is 10.9. The summed E-state index contributed by atoms with van der Waals surface area (Å²) in [5.41, 5.74) is 1.49. The summed E-state index contributed by atoms with van der Waals surface area (Å²) in [6.07, 6.45) is 0. The van der Waals surface area contributed by atoms with Crippen molar-refractivity contribution < 1.29 is 13.2 Å². The van der Waals surface area contributed by atoms with Crippen molar-refractivity contribution in [3.05, 3.63) is 88.4 Å². The topological polar surface area (TPSA) is 66.5 Å². The normalized spacial score (nSPS) is 11.2. The molecular weight excluding hydrogens is 487 g/mol. The summed E-state index contributed by atoms with van der Waals surface area (Å²) >= 11 is 13.6. The van der Waals surface area contributed by atoms with Crippen LogP contribution in [0.25, 0.3) is 0 Å². The number of halogens is 2. The standard InChI is InChI=1S/C23H22Cl2N2O3S2/c1-17-5-9-21(10-6-17)31-14-13-26-23(28)16-27(20-4-2-3-19(25)15-20)32(29,30)22-11-7-18(24)8-12-22/h2-12,15H,13-14,16H2,1H3,(H,26,28). The third-order valence-electron chi connectivity index (χ3n) is 4.50. The van der Waals surface area contributed by atoms with E-state index in [2.05, 4.69) is 5.32 Å². The first-order chi connectivity index (χ1) is 15.3. The Hall–Kier alpha value is -2.19. The summed E-state index contributed by atoms with van der Waals surface area (Å²) < 4.78 is 27.6. The fourth-order valence-corrected chi connectivity index (χ4v) is 5.35. The molecule has 32 heavy (non-hydrogen) atoms. The van der Waals surface area contributed by atoms with Crippen molar-refractivity contribution in [3.63, 3.8) is 0 Å². The Labute approximate surface area is 202 Å². The number of hydrogen-bond donors (Lipinski definition) is 1. The molecule has 0 bridgehead atoms. The lowest BCUT2D eigenvalue weighted by atomic mass is 10.2. The summed E-state index contributed by atoms with van der Waals surface area (Å²) in [5, 5.41) is 3.58. The number of aryl methyl sites for hydroxylation is 1. The summed E-state index contributed by atoms with van der Waals surface area (Å²) in [6.45, 7) is 2.06. The van der Waals surface area contributed by atoms with E-state index >= 15 is 0 Å². The van der Waals surface area contributed by atoms with E-state index in [0.717, 1.165) is 9.20 Å². The average Bonchev–Trinajstić information content (AvgIpc) is 2.76. The Bertz CT molecular complexity index is 1170. The Morgan fingerprint density at radius 2 is 1.66 bits per heavy atom. The zero-order chi connectivity index (χ0) is 23.1. The first kappa shape index (κ1) is 24.5. The lowest BCUT2D eigenvalue weighted by molar-refractivity contribution is -0.119. The van der Waals surface area contributed by atoms with Crippen molar-refractivity contribution in [2.45, 2.75) is 16.7 Å². The minimum Gasteiger partial charge on any atom is -0.354 e. The van der Waals surface area contributed by atoms with Crippen LogP contribution in [-0.4, -0.2) is 33.2 Å². The van der Waals surface area contributed by atoms with Gasteiger partial charge in [0.25, 0.3) is 10.0 Å². The van der Waals surface area contributed by atoms with Gasteiger partial charge in [-0.15, -0.1) is 11.8 Å². The molecule has 5 nitrogen and oxygen atoms in total. The molecule has 3 rings (SSSR count). The maximum atomic E-state index is 13.3. The van der Waals surface area contributed by atoms with Crippen LogP contribution in [0, 0.1) is 6.92 Å². The molecule has 0 aliphatic rings. The molecule has 0 fully saturated rings. The number of amides is 1. The molecule has 9 heteroatoms. The lowest BCUT2D eigenvalue weighted by Gasteiger charge is -2.24. The van der Waals surface area contributed by atoms with E-state index in [9.17, 15) is 13.2 Å². The van der Waals surface area contributed by atoms with Crippen molar-refractivity contribution >= 4 is 56.6 Å². The van der Waals surface area contributed by atoms with Crippen LogP contribution in [0.3, 0.4) is 0 Å². The van der Waals surface area contributed by atoms with E-state index in [1.807, 2.05) is 31.2 Å². The van der Waals surface area contributed by atoms with Gasteiger partial charge in [0.05, 0.1) is 10.6 Å². The van der Waals surface area contributed by atoms with E-state index in [-0.39, 0.29) is 11.4 Å². The number of sulfonamides is 1. The van der Waals surface area contributed by atoms with Crippen LogP contribution >= 0.6 is 35.0 Å². The smallest absolute Gasteiger partial charge is 0.264 e. The number of hydrogen-bond acceptors (Lipinski definition) is 4. The van der Waals surface area contributed by atoms with Gasteiger partial charge < -0.3 is 5.32 Å². The number of carbonyl (C=O) groups is 1. The van der Waals surface area contributed by atoms with Gasteiger partial charge in [0.15, 0.2) is 0 Å². The summed E-state index contributed by atoms with van der Waals surface area (Å²) in [5.74, 6) is 0.252. The van der Waals surface area contributed by atoms with Gasteiger partial charge in [-0.25, -0.2) is 8.42 Å². The van der Waals surface area contributed by atoms with Gasteiger partial charge in [-0.1, -0.05) is 47.0 Å². The number of carbonyl (C=O) groups excluding carboxylic acids is 1. The molecule has 0 radical (unpaired) electrons. The van der Waals surface area contributed by atoms with Crippen LogP contribution in [-0.2, 0) is 14.8 Å². The average molecular weight is 509 g/mol. The SMILES string of the molecule is Cc1ccc(SCCNC(=O)CN(c2cccc(Cl)c2)S(=O)(=O)c2ccc(Cl)cc2)cc1. The fraction of sp³-hybridized carbons (Fsp3) is 0.174. The number of anilines is 1. The minimum atomic E-state index is -4.01. The maximum absolute atomic E-state index is 13.3. The Balaban J connectivity index is 1.70. The molecule has 0 aliphatic carbocycles. The van der Waals surface area contributed by atoms with Crippen molar-refractivity contribution in [1.82, 2.24) is 5.32 Å². The highest BCUT2D eigenvalue weighted by Gasteiger charge is 2.27. The summed E-state index contributed by atoms with van der Waals surface area (Å²) in [7, 11) is -4.01. The van der Waals surface area contributed by atoms with Gasteiger partial charge in [-0.05, 0) is 61.5 Å². The second kappa shape index (κ2) is 11.1. The molecule has 0 aliphatic heterocycles. The quantitative estimate of drug-likeness (QED) is 0.310. The molecule has 0 saturated heterocycles. The Morgan fingerprint density at radius 3 is 2.31 bits per heavy atom. The molecular formula is C23H22Cl2N2O3S2. The summed E-state index contributed by atoms with van der Waals surface area (Å²) in [4.78, 5) is 13.8. The van der Waals surface area contributed by atoms with E-state index in [0.29, 0.717) is 28.0 Å². The fourth-order valence-electron chi connectivity index (χ4n) is 2.86. The van der Waals surface area contributed by atoms with Crippen LogP contribution in [0.1, 0.15) is 5.56 Å². The molecule has 0 unspecified atom stereocenters. The number of thioether (sulfide) groups is 1. The molecule has 0 aromatic heterocycles. The molecule has 3 aromatic rings. The first-order valence-electron chi connectivity index (χ1n) is 9.76. The van der Waals surface area contributed by atoms with E-state index in [1.54, 1.807) is 30.0 Å². The van der Waals surface area contributed by atoms with Gasteiger partial charge in [-0.3, -0.25) is 9.10 Å². The summed E-state index contributed by atoms with van der Waals surface area (Å²) in [6, 6.07) is 20.3. The van der Waals surface area contributed by atoms with Gasteiger partial charge in [0.2, 0.25) is 5.91 Å². The molecule has 0 saturated carbocycles. The monoisotopic (exact) mass is 508 g/mol. The van der Waals surface area contributed by atoms with Crippen molar-refractivity contribution in [1.29, 1.82) is 0 Å². The van der Waals surface area contributed by atoms with E-state index in [4.69, 9.17) is 23.2 Å². The van der Waals surface area contributed by atoms with E-state index in [1.165, 1.54) is 35.9 Å². The predicted octanol–water partition coefficient (Wildman–Crippen LogP) is 5.41. The minimum absolute atomic E-state index is 0.0320. The zero-order valence-corrected chi connectivity index (χ0v) is 20.4. The zero-order valence-electron chi connectivity index (χ0n) is 17.3. The first-order valence-corrected chi connectivity index (χ1v) is 12.9. The molecule has 168 valence electrons. The van der Waals surface area contributed by atoms with E-state index < -0.39 is 15.9 Å². The van der Waals surface area contributed by atoms with Gasteiger partial charge in [0, 0.05) is 27.2 Å². The Morgan fingerprint density at radius 1 is 0.969 bits per heavy atom. The number of rotatable bonds is 9. The van der Waals surface area contributed by atoms with Crippen molar-refractivity contribution in [3.8, 4) is 0 Å². The van der Waals surface area contributed by atoms with Crippen LogP contribution in [0.15, 0.2) is 82.6 Å². The molecule has 1 amide bonds. The van der Waals surface area contributed by atoms with Crippen LogP contribution < -0.4 is 9.62 Å². The maximum Gasteiger partial charge on any atom is 0.264 e. The molecule has 0 atom stereocenters.